The number of amides is 1. The van der Waals surface area contributed by atoms with Gasteiger partial charge in [0.25, 0.3) is 0 Å². The molecular weight excluding hydrogens is 400 g/mol. The van der Waals surface area contributed by atoms with E-state index in [0.29, 0.717) is 10.6 Å². The monoisotopic (exact) mass is 414 g/mol. The van der Waals surface area contributed by atoms with Crippen molar-refractivity contribution in [3.05, 3.63) is 87.1 Å². The summed E-state index contributed by atoms with van der Waals surface area (Å²) in [6.07, 6.45) is 3.47. The van der Waals surface area contributed by atoms with Gasteiger partial charge in [-0.05, 0) is 52.6 Å². The molecule has 0 aliphatic heterocycles. The van der Waals surface area contributed by atoms with E-state index in [1.54, 1.807) is 18.5 Å². The van der Waals surface area contributed by atoms with Crippen LogP contribution in [0.1, 0.15) is 34.3 Å². The Labute approximate surface area is 160 Å². The van der Waals surface area contributed by atoms with Crippen molar-refractivity contribution < 1.29 is 4.79 Å². The molecular formula is C20H16BrClN2O. The summed E-state index contributed by atoms with van der Waals surface area (Å²) in [5, 5.41) is 0.400. The van der Waals surface area contributed by atoms with Gasteiger partial charge in [0.15, 0.2) is 0 Å². The molecule has 1 amide bonds. The quantitative estimate of drug-likeness (QED) is 0.619. The van der Waals surface area contributed by atoms with E-state index in [-0.39, 0.29) is 5.92 Å². The number of aromatic nitrogens is 1. The standard InChI is InChI=1S/C20H16BrClN2O/c1-12(13-2-4-15(21)5-3-13)18-16(14-8-10-24-11-9-14)6-7-17(19(18)22)20(23)25/h2-12H,1H3,(H2,23,25). The van der Waals surface area contributed by atoms with E-state index in [0.717, 1.165) is 26.7 Å². The van der Waals surface area contributed by atoms with E-state index >= 15 is 0 Å². The van der Waals surface area contributed by atoms with Gasteiger partial charge in [-0.3, -0.25) is 9.78 Å². The Morgan fingerprint density at radius 3 is 2.32 bits per heavy atom. The predicted molar refractivity (Wildman–Crippen MR) is 105 cm³/mol. The molecule has 0 spiro atoms. The lowest BCUT2D eigenvalue weighted by molar-refractivity contribution is 0.100. The Kier molecular flexibility index (Phi) is 5.21. The minimum absolute atomic E-state index is 0.0111. The fourth-order valence-corrected chi connectivity index (χ4v) is 3.59. The molecule has 2 N–H and O–H groups in total. The van der Waals surface area contributed by atoms with Gasteiger partial charge >= 0.3 is 0 Å². The summed E-state index contributed by atoms with van der Waals surface area (Å²) in [4.78, 5) is 15.8. The third kappa shape index (κ3) is 3.60. The van der Waals surface area contributed by atoms with Crippen LogP contribution in [-0.4, -0.2) is 10.9 Å². The van der Waals surface area contributed by atoms with E-state index < -0.39 is 5.91 Å². The van der Waals surface area contributed by atoms with Gasteiger partial charge in [0.1, 0.15) is 0 Å². The fraction of sp³-hybridized carbons (Fsp3) is 0.100. The van der Waals surface area contributed by atoms with Crippen molar-refractivity contribution in [2.24, 2.45) is 5.73 Å². The highest BCUT2D eigenvalue weighted by Gasteiger charge is 2.21. The number of pyridine rings is 1. The molecule has 3 aromatic rings. The molecule has 126 valence electrons. The molecule has 3 rings (SSSR count). The van der Waals surface area contributed by atoms with Crippen molar-refractivity contribution in [1.29, 1.82) is 0 Å². The maximum atomic E-state index is 11.7. The Bertz CT molecular complexity index is 911. The number of nitrogens with two attached hydrogens (primary N) is 1. The Balaban J connectivity index is 2.22. The summed E-state index contributed by atoms with van der Waals surface area (Å²) >= 11 is 10.1. The molecule has 1 atom stereocenters. The van der Waals surface area contributed by atoms with Crippen molar-refractivity contribution in [3.63, 3.8) is 0 Å². The zero-order valence-corrected chi connectivity index (χ0v) is 15.9. The molecule has 0 fully saturated rings. The number of nitrogens with zero attached hydrogens (tertiary/aromatic N) is 1. The summed E-state index contributed by atoms with van der Waals surface area (Å²) in [5.41, 5.74) is 9.76. The number of rotatable bonds is 4. The van der Waals surface area contributed by atoms with E-state index in [4.69, 9.17) is 17.3 Å². The third-order valence-corrected chi connectivity index (χ3v) is 5.18. The predicted octanol–water partition coefficient (Wildman–Crippen LogP) is 5.42. The molecule has 0 saturated carbocycles. The van der Waals surface area contributed by atoms with Crippen LogP contribution in [0.2, 0.25) is 5.02 Å². The highest BCUT2D eigenvalue weighted by Crippen LogP contribution is 2.39. The summed E-state index contributed by atoms with van der Waals surface area (Å²) < 4.78 is 1.01. The number of hydrogen-bond acceptors (Lipinski definition) is 2. The van der Waals surface area contributed by atoms with Crippen LogP contribution < -0.4 is 5.73 Å². The molecule has 0 radical (unpaired) electrons. The summed E-state index contributed by atoms with van der Waals surface area (Å²) in [7, 11) is 0. The van der Waals surface area contributed by atoms with Gasteiger partial charge in [-0.15, -0.1) is 0 Å². The summed E-state index contributed by atoms with van der Waals surface area (Å²) in [6.45, 7) is 2.07. The topological polar surface area (TPSA) is 56.0 Å². The zero-order chi connectivity index (χ0) is 18.0. The minimum atomic E-state index is -0.532. The Morgan fingerprint density at radius 2 is 1.72 bits per heavy atom. The number of benzene rings is 2. The van der Waals surface area contributed by atoms with E-state index in [9.17, 15) is 4.79 Å². The van der Waals surface area contributed by atoms with Gasteiger partial charge in [0.05, 0.1) is 10.6 Å². The largest absolute Gasteiger partial charge is 0.366 e. The van der Waals surface area contributed by atoms with Crippen molar-refractivity contribution in [2.75, 3.05) is 0 Å². The van der Waals surface area contributed by atoms with Crippen molar-refractivity contribution in [3.8, 4) is 11.1 Å². The maximum absolute atomic E-state index is 11.7. The lowest BCUT2D eigenvalue weighted by Crippen LogP contribution is -2.13. The van der Waals surface area contributed by atoms with E-state index in [1.807, 2.05) is 42.5 Å². The molecule has 2 aromatic carbocycles. The number of halogens is 2. The van der Waals surface area contributed by atoms with Gasteiger partial charge in [-0.1, -0.05) is 52.7 Å². The van der Waals surface area contributed by atoms with Crippen LogP contribution in [0.25, 0.3) is 11.1 Å². The molecule has 25 heavy (non-hydrogen) atoms. The lowest BCUT2D eigenvalue weighted by Gasteiger charge is -2.20. The van der Waals surface area contributed by atoms with Crippen molar-refractivity contribution >= 4 is 33.4 Å². The number of primary amides is 1. The van der Waals surface area contributed by atoms with Crippen LogP contribution >= 0.6 is 27.5 Å². The molecule has 1 aromatic heterocycles. The first-order chi connectivity index (χ1) is 12.0. The van der Waals surface area contributed by atoms with Crippen molar-refractivity contribution in [2.45, 2.75) is 12.8 Å². The SMILES string of the molecule is CC(c1ccc(Br)cc1)c1c(-c2ccncc2)ccc(C(N)=O)c1Cl. The van der Waals surface area contributed by atoms with Crippen LogP contribution in [-0.2, 0) is 0 Å². The van der Waals surface area contributed by atoms with Gasteiger partial charge < -0.3 is 5.73 Å². The average Bonchev–Trinajstić information content (AvgIpc) is 2.62. The molecule has 3 nitrogen and oxygen atoms in total. The van der Waals surface area contributed by atoms with Crippen LogP contribution in [0.3, 0.4) is 0 Å². The molecule has 1 unspecified atom stereocenters. The second-order valence-electron chi connectivity index (χ2n) is 5.76. The van der Waals surface area contributed by atoms with Crippen molar-refractivity contribution in [1.82, 2.24) is 4.98 Å². The first-order valence-electron chi connectivity index (χ1n) is 7.77. The summed E-state index contributed by atoms with van der Waals surface area (Å²) in [6, 6.07) is 15.5. The Morgan fingerprint density at radius 1 is 1.08 bits per heavy atom. The molecule has 0 bridgehead atoms. The van der Waals surface area contributed by atoms with E-state index in [1.165, 1.54) is 0 Å². The fourth-order valence-electron chi connectivity index (χ4n) is 2.91. The minimum Gasteiger partial charge on any atom is -0.366 e. The van der Waals surface area contributed by atoms with Gasteiger partial charge in [-0.2, -0.15) is 0 Å². The number of carbonyl (C=O) groups excluding carboxylic acids is 1. The average molecular weight is 416 g/mol. The van der Waals surface area contributed by atoms with Gasteiger partial charge in [-0.25, -0.2) is 0 Å². The smallest absolute Gasteiger partial charge is 0.250 e. The van der Waals surface area contributed by atoms with Gasteiger partial charge in [0.2, 0.25) is 5.91 Å². The summed E-state index contributed by atoms with van der Waals surface area (Å²) in [5.74, 6) is -0.543. The second kappa shape index (κ2) is 7.38. The number of carbonyl (C=O) groups is 1. The van der Waals surface area contributed by atoms with E-state index in [2.05, 4.69) is 27.8 Å². The van der Waals surface area contributed by atoms with Crippen LogP contribution in [0.5, 0.6) is 0 Å². The first kappa shape index (κ1) is 17.6. The van der Waals surface area contributed by atoms with Gasteiger partial charge in [0, 0.05) is 22.8 Å². The Hall–Kier alpha value is -2.17. The first-order valence-corrected chi connectivity index (χ1v) is 8.94. The second-order valence-corrected chi connectivity index (χ2v) is 7.06. The van der Waals surface area contributed by atoms with Crippen LogP contribution in [0, 0.1) is 0 Å². The highest BCUT2D eigenvalue weighted by molar-refractivity contribution is 9.10. The maximum Gasteiger partial charge on any atom is 0.250 e. The number of hydrogen-bond donors (Lipinski definition) is 1. The molecule has 1 heterocycles. The third-order valence-electron chi connectivity index (χ3n) is 4.24. The van der Waals surface area contributed by atoms with Crippen LogP contribution in [0.15, 0.2) is 65.4 Å². The molecule has 0 aliphatic rings. The van der Waals surface area contributed by atoms with Crippen LogP contribution in [0.4, 0.5) is 0 Å². The normalized spacial score (nSPS) is 12.0. The molecule has 0 saturated heterocycles. The highest BCUT2D eigenvalue weighted by atomic mass is 79.9. The molecule has 0 aliphatic carbocycles. The zero-order valence-electron chi connectivity index (χ0n) is 13.5. The lowest BCUT2D eigenvalue weighted by atomic mass is 9.86. The molecule has 5 heteroatoms.